The predicted octanol–water partition coefficient (Wildman–Crippen LogP) is 3.37. The number of nitrogens with zero attached hydrogens (tertiary/aromatic N) is 4. The molecule has 0 fully saturated rings. The first-order chi connectivity index (χ1) is 11.0. The summed E-state index contributed by atoms with van der Waals surface area (Å²) in [6, 6.07) is 7.26. The third kappa shape index (κ3) is 3.29. The van der Waals surface area contributed by atoms with Gasteiger partial charge in [-0.05, 0) is 24.3 Å². The molecule has 0 radical (unpaired) electrons. The van der Waals surface area contributed by atoms with Crippen LogP contribution in [0.4, 0.5) is 13.2 Å². The molecule has 3 rings (SSSR count). The molecule has 0 spiro atoms. The molecular weight excluding hydrogens is 331 g/mol. The van der Waals surface area contributed by atoms with Crippen LogP contribution in [-0.4, -0.2) is 26.8 Å². The maximum Gasteiger partial charge on any atom is 0.573 e. The van der Waals surface area contributed by atoms with Crippen molar-refractivity contribution in [2.75, 3.05) is 0 Å². The highest BCUT2D eigenvalue weighted by atomic mass is 32.1. The van der Waals surface area contributed by atoms with Gasteiger partial charge in [0.2, 0.25) is 0 Å². The summed E-state index contributed by atoms with van der Waals surface area (Å²) in [5.41, 5.74) is 1.15. The number of thiazole rings is 1. The number of aromatic amines is 1. The number of aromatic nitrogens is 4. The number of nitrogens with one attached hydrogen (secondary N) is 1. The Morgan fingerprint density at radius 1 is 1.17 bits per heavy atom. The summed E-state index contributed by atoms with van der Waals surface area (Å²) in [5, 5.41) is 19.4. The minimum Gasteiger partial charge on any atom is -0.406 e. The standard InChI is InChI=1S/C13H6F3N5OS/c14-13(15,16)22-8-3-1-7(2-4-8)12-18-6-10(23-12)11-9(5-17)19-21-20-11/h1-4,6H,(H,19,20,21). The molecule has 0 amide bonds. The maximum atomic E-state index is 12.1. The summed E-state index contributed by atoms with van der Waals surface area (Å²) in [6.45, 7) is 0. The van der Waals surface area contributed by atoms with Crippen molar-refractivity contribution in [1.82, 2.24) is 20.4 Å². The Balaban J connectivity index is 1.85. The van der Waals surface area contributed by atoms with Crippen LogP contribution in [0, 0.1) is 11.3 Å². The van der Waals surface area contributed by atoms with Gasteiger partial charge < -0.3 is 4.74 Å². The van der Waals surface area contributed by atoms with Gasteiger partial charge in [0.25, 0.3) is 0 Å². The Morgan fingerprint density at radius 2 is 1.91 bits per heavy atom. The molecular formula is C13H6F3N5OS. The zero-order valence-electron chi connectivity index (χ0n) is 11.1. The Kier molecular flexibility index (Phi) is 3.71. The minimum atomic E-state index is -4.73. The fourth-order valence-corrected chi connectivity index (χ4v) is 2.71. The van der Waals surface area contributed by atoms with Crippen LogP contribution in [0.2, 0.25) is 0 Å². The van der Waals surface area contributed by atoms with Crippen LogP contribution in [-0.2, 0) is 0 Å². The molecule has 0 unspecified atom stereocenters. The topological polar surface area (TPSA) is 87.5 Å². The van der Waals surface area contributed by atoms with Crippen molar-refractivity contribution in [3.63, 3.8) is 0 Å². The lowest BCUT2D eigenvalue weighted by Gasteiger charge is -2.08. The molecule has 3 aromatic rings. The number of halogens is 3. The van der Waals surface area contributed by atoms with E-state index in [1.54, 1.807) is 0 Å². The molecule has 0 aliphatic heterocycles. The SMILES string of the molecule is N#Cc1n[nH]nc1-c1cnc(-c2ccc(OC(F)(F)F)cc2)s1. The fraction of sp³-hybridized carbons (Fsp3) is 0.0769. The highest BCUT2D eigenvalue weighted by molar-refractivity contribution is 7.18. The van der Waals surface area contributed by atoms with Gasteiger partial charge in [-0.1, -0.05) is 0 Å². The van der Waals surface area contributed by atoms with Gasteiger partial charge in [-0.15, -0.1) is 29.6 Å². The van der Waals surface area contributed by atoms with E-state index >= 15 is 0 Å². The minimum absolute atomic E-state index is 0.147. The fourth-order valence-electron chi connectivity index (χ4n) is 1.80. The first-order valence-electron chi connectivity index (χ1n) is 6.09. The molecule has 2 heterocycles. The number of hydrogen-bond acceptors (Lipinski definition) is 6. The van der Waals surface area contributed by atoms with E-state index in [2.05, 4.69) is 25.1 Å². The van der Waals surface area contributed by atoms with E-state index in [1.165, 1.54) is 41.8 Å². The van der Waals surface area contributed by atoms with Crippen molar-refractivity contribution in [2.45, 2.75) is 6.36 Å². The van der Waals surface area contributed by atoms with Gasteiger partial charge in [0.15, 0.2) is 5.69 Å². The van der Waals surface area contributed by atoms with Gasteiger partial charge >= 0.3 is 6.36 Å². The maximum absolute atomic E-state index is 12.1. The summed E-state index contributed by atoms with van der Waals surface area (Å²) < 4.78 is 40.2. The monoisotopic (exact) mass is 337 g/mol. The average molecular weight is 337 g/mol. The largest absolute Gasteiger partial charge is 0.573 e. The number of hydrogen-bond donors (Lipinski definition) is 1. The number of H-pyrrole nitrogens is 1. The zero-order chi connectivity index (χ0) is 16.4. The molecule has 0 saturated carbocycles. The number of rotatable bonds is 3. The summed E-state index contributed by atoms with van der Waals surface area (Å²) in [6.07, 6.45) is -3.20. The molecule has 10 heteroatoms. The molecule has 0 saturated heterocycles. The van der Waals surface area contributed by atoms with Crippen molar-refractivity contribution < 1.29 is 17.9 Å². The number of ether oxygens (including phenoxy) is 1. The van der Waals surface area contributed by atoms with Crippen LogP contribution < -0.4 is 4.74 Å². The second-order valence-electron chi connectivity index (χ2n) is 4.23. The van der Waals surface area contributed by atoms with E-state index in [9.17, 15) is 13.2 Å². The Morgan fingerprint density at radius 3 is 2.57 bits per heavy atom. The first kappa shape index (κ1) is 15.0. The van der Waals surface area contributed by atoms with Crippen LogP contribution in [0.5, 0.6) is 5.75 Å². The molecule has 23 heavy (non-hydrogen) atoms. The molecule has 116 valence electrons. The molecule has 0 atom stereocenters. The van der Waals surface area contributed by atoms with Crippen LogP contribution in [0.25, 0.3) is 21.1 Å². The summed E-state index contributed by atoms with van der Waals surface area (Å²) in [5.74, 6) is -0.304. The second kappa shape index (κ2) is 5.69. The van der Waals surface area contributed by atoms with E-state index in [1.807, 2.05) is 6.07 Å². The first-order valence-corrected chi connectivity index (χ1v) is 6.91. The van der Waals surface area contributed by atoms with Crippen molar-refractivity contribution in [2.24, 2.45) is 0 Å². The van der Waals surface area contributed by atoms with Crippen molar-refractivity contribution in [3.05, 3.63) is 36.2 Å². The number of alkyl halides is 3. The summed E-state index contributed by atoms with van der Waals surface area (Å²) in [7, 11) is 0. The van der Waals surface area contributed by atoms with Crippen LogP contribution >= 0.6 is 11.3 Å². The van der Waals surface area contributed by atoms with Crippen molar-refractivity contribution in [1.29, 1.82) is 5.26 Å². The molecule has 0 aliphatic rings. The second-order valence-corrected chi connectivity index (χ2v) is 5.27. The van der Waals surface area contributed by atoms with E-state index in [0.717, 1.165) is 0 Å². The lowest BCUT2D eigenvalue weighted by molar-refractivity contribution is -0.274. The van der Waals surface area contributed by atoms with Crippen LogP contribution in [0.3, 0.4) is 0 Å². The van der Waals surface area contributed by atoms with Crippen LogP contribution in [0.1, 0.15) is 5.69 Å². The lowest BCUT2D eigenvalue weighted by atomic mass is 10.2. The van der Waals surface area contributed by atoms with Gasteiger partial charge in [0.05, 0.1) is 4.88 Å². The zero-order valence-corrected chi connectivity index (χ0v) is 11.9. The van der Waals surface area contributed by atoms with E-state index in [4.69, 9.17) is 5.26 Å². The number of nitriles is 1. The number of benzene rings is 1. The molecule has 1 aromatic carbocycles. The average Bonchev–Trinajstić information content (AvgIpc) is 3.15. The molecule has 1 N–H and O–H groups in total. The lowest BCUT2D eigenvalue weighted by Crippen LogP contribution is -2.16. The van der Waals surface area contributed by atoms with Gasteiger partial charge in [-0.25, -0.2) is 4.98 Å². The summed E-state index contributed by atoms with van der Waals surface area (Å²) in [4.78, 5) is 4.81. The highest BCUT2D eigenvalue weighted by Gasteiger charge is 2.31. The van der Waals surface area contributed by atoms with Crippen molar-refractivity contribution in [3.8, 4) is 33.0 Å². The third-order valence-corrected chi connectivity index (χ3v) is 3.78. The smallest absolute Gasteiger partial charge is 0.406 e. The highest BCUT2D eigenvalue weighted by Crippen LogP contribution is 2.33. The Labute approximate surface area is 131 Å². The molecule has 0 aliphatic carbocycles. The van der Waals surface area contributed by atoms with Gasteiger partial charge in [-0.3, -0.25) is 0 Å². The van der Waals surface area contributed by atoms with E-state index < -0.39 is 6.36 Å². The quantitative estimate of drug-likeness (QED) is 0.792. The Bertz CT molecular complexity index is 863. The van der Waals surface area contributed by atoms with E-state index in [0.29, 0.717) is 21.1 Å². The molecule has 0 bridgehead atoms. The van der Waals surface area contributed by atoms with Crippen LogP contribution in [0.15, 0.2) is 30.5 Å². The predicted molar refractivity (Wildman–Crippen MR) is 74.3 cm³/mol. The van der Waals surface area contributed by atoms with Gasteiger partial charge in [0, 0.05) is 11.8 Å². The Hall–Kier alpha value is -2.93. The third-order valence-electron chi connectivity index (χ3n) is 2.73. The van der Waals surface area contributed by atoms with Gasteiger partial charge in [0.1, 0.15) is 22.5 Å². The van der Waals surface area contributed by atoms with Crippen molar-refractivity contribution >= 4 is 11.3 Å². The normalized spacial score (nSPS) is 11.2. The molecule has 6 nitrogen and oxygen atoms in total. The molecule has 2 aromatic heterocycles. The summed E-state index contributed by atoms with van der Waals surface area (Å²) >= 11 is 1.24. The van der Waals surface area contributed by atoms with E-state index in [-0.39, 0.29) is 11.4 Å². The van der Waals surface area contributed by atoms with Gasteiger partial charge in [-0.2, -0.15) is 15.6 Å².